The topological polar surface area (TPSA) is 35.5 Å². The highest BCUT2D eigenvalue weighted by atomic mass is 16.3. The fourth-order valence-corrected chi connectivity index (χ4v) is 2.01. The second-order valence-electron chi connectivity index (χ2n) is 3.86. The lowest BCUT2D eigenvalue weighted by atomic mass is 9.89. The fourth-order valence-electron chi connectivity index (χ4n) is 2.01. The highest BCUT2D eigenvalue weighted by molar-refractivity contribution is 4.91. The van der Waals surface area contributed by atoms with Crippen LogP contribution in [0, 0.1) is 0 Å². The van der Waals surface area contributed by atoms with Gasteiger partial charge in [0, 0.05) is 31.7 Å². The van der Waals surface area contributed by atoms with Crippen molar-refractivity contribution in [3.05, 3.63) is 0 Å². The highest BCUT2D eigenvalue weighted by Crippen LogP contribution is 2.26. The average Bonchev–Trinajstić information content (AvgIpc) is 1.79. The van der Waals surface area contributed by atoms with E-state index in [1.54, 1.807) is 0 Å². The summed E-state index contributed by atoms with van der Waals surface area (Å²) in [6, 6.07) is 1.49. The van der Waals surface area contributed by atoms with Gasteiger partial charge in [0.1, 0.15) is 0 Å². The van der Waals surface area contributed by atoms with Crippen LogP contribution in [0.25, 0.3) is 0 Å². The summed E-state index contributed by atoms with van der Waals surface area (Å²) in [6.45, 7) is 3.43. The first-order valence-electron chi connectivity index (χ1n) is 4.99. The zero-order valence-electron chi connectivity index (χ0n) is 7.50. The van der Waals surface area contributed by atoms with Gasteiger partial charge in [-0.15, -0.1) is 0 Å². The molecule has 0 radical (unpaired) electrons. The first-order chi connectivity index (χ1) is 5.92. The SMILES string of the molecule is OCCN(C1CCC1)C1CNC1. The summed E-state index contributed by atoms with van der Waals surface area (Å²) in [4.78, 5) is 2.49. The molecule has 1 aliphatic heterocycles. The number of rotatable bonds is 4. The van der Waals surface area contributed by atoms with Crippen LogP contribution in [0.3, 0.4) is 0 Å². The van der Waals surface area contributed by atoms with Crippen LogP contribution in [-0.4, -0.2) is 48.3 Å². The summed E-state index contributed by atoms with van der Waals surface area (Å²) in [6.07, 6.45) is 4.07. The molecule has 70 valence electrons. The molecule has 0 aromatic rings. The molecule has 2 rings (SSSR count). The average molecular weight is 170 g/mol. The lowest BCUT2D eigenvalue weighted by Crippen LogP contribution is -2.61. The van der Waals surface area contributed by atoms with Gasteiger partial charge >= 0.3 is 0 Å². The van der Waals surface area contributed by atoms with Crippen LogP contribution in [0.4, 0.5) is 0 Å². The molecule has 2 aliphatic rings. The second kappa shape index (κ2) is 3.73. The van der Waals surface area contributed by atoms with Crippen LogP contribution in [0.2, 0.25) is 0 Å². The molecule has 12 heavy (non-hydrogen) atoms. The van der Waals surface area contributed by atoms with Gasteiger partial charge in [-0.25, -0.2) is 0 Å². The van der Waals surface area contributed by atoms with Gasteiger partial charge in [-0.05, 0) is 12.8 Å². The van der Waals surface area contributed by atoms with Crippen molar-refractivity contribution in [2.24, 2.45) is 0 Å². The Morgan fingerprint density at radius 2 is 2.00 bits per heavy atom. The molecule has 0 bridgehead atoms. The van der Waals surface area contributed by atoms with Crippen LogP contribution < -0.4 is 5.32 Å². The van der Waals surface area contributed by atoms with E-state index in [2.05, 4.69) is 10.2 Å². The minimum atomic E-state index is 0.313. The van der Waals surface area contributed by atoms with Crippen LogP contribution >= 0.6 is 0 Å². The third kappa shape index (κ3) is 1.49. The van der Waals surface area contributed by atoms with E-state index >= 15 is 0 Å². The number of hydrogen-bond acceptors (Lipinski definition) is 3. The maximum absolute atomic E-state index is 8.91. The third-order valence-corrected chi connectivity index (χ3v) is 3.13. The maximum atomic E-state index is 8.91. The molecule has 1 saturated heterocycles. The Kier molecular flexibility index (Phi) is 2.63. The molecule has 2 N–H and O–H groups in total. The molecule has 1 aliphatic carbocycles. The van der Waals surface area contributed by atoms with Crippen molar-refractivity contribution in [1.29, 1.82) is 0 Å². The van der Waals surface area contributed by atoms with Gasteiger partial charge in [0.05, 0.1) is 6.61 Å². The van der Waals surface area contributed by atoms with Gasteiger partial charge in [0.2, 0.25) is 0 Å². The Morgan fingerprint density at radius 3 is 2.33 bits per heavy atom. The molecule has 1 saturated carbocycles. The molecule has 0 spiro atoms. The van der Waals surface area contributed by atoms with Crippen LogP contribution in [0.1, 0.15) is 19.3 Å². The molecule has 1 heterocycles. The summed E-state index contributed by atoms with van der Waals surface area (Å²) in [5, 5.41) is 12.2. The Bertz CT molecular complexity index is 129. The van der Waals surface area contributed by atoms with Crippen molar-refractivity contribution >= 4 is 0 Å². The first-order valence-corrected chi connectivity index (χ1v) is 4.99. The maximum Gasteiger partial charge on any atom is 0.0558 e. The molecule has 0 aromatic heterocycles. The summed E-state index contributed by atoms with van der Waals surface area (Å²) in [5.74, 6) is 0. The van der Waals surface area contributed by atoms with E-state index in [0.29, 0.717) is 12.6 Å². The Hall–Kier alpha value is -0.120. The highest BCUT2D eigenvalue weighted by Gasteiger charge is 2.32. The van der Waals surface area contributed by atoms with Crippen molar-refractivity contribution in [3.8, 4) is 0 Å². The Morgan fingerprint density at radius 1 is 1.25 bits per heavy atom. The van der Waals surface area contributed by atoms with E-state index in [4.69, 9.17) is 5.11 Å². The minimum Gasteiger partial charge on any atom is -0.395 e. The van der Waals surface area contributed by atoms with E-state index < -0.39 is 0 Å². The normalized spacial score (nSPS) is 25.5. The Labute approximate surface area is 73.8 Å². The molecule has 0 unspecified atom stereocenters. The van der Waals surface area contributed by atoms with Crippen LogP contribution in [0.5, 0.6) is 0 Å². The molecule has 0 amide bonds. The predicted molar refractivity (Wildman–Crippen MR) is 48.1 cm³/mol. The molecule has 0 atom stereocenters. The van der Waals surface area contributed by atoms with Gasteiger partial charge in [-0.1, -0.05) is 6.42 Å². The number of nitrogens with zero attached hydrogens (tertiary/aromatic N) is 1. The minimum absolute atomic E-state index is 0.313. The summed E-state index contributed by atoms with van der Waals surface area (Å²) in [5.41, 5.74) is 0. The lowest BCUT2D eigenvalue weighted by molar-refractivity contribution is 0.0376. The second-order valence-corrected chi connectivity index (χ2v) is 3.86. The molecule has 3 nitrogen and oxygen atoms in total. The molecule has 2 fully saturated rings. The monoisotopic (exact) mass is 170 g/mol. The van der Waals surface area contributed by atoms with Gasteiger partial charge < -0.3 is 10.4 Å². The summed E-state index contributed by atoms with van der Waals surface area (Å²) >= 11 is 0. The van der Waals surface area contributed by atoms with Crippen LogP contribution in [-0.2, 0) is 0 Å². The van der Waals surface area contributed by atoms with E-state index in [1.165, 1.54) is 19.3 Å². The molecular formula is C9H18N2O. The predicted octanol–water partition coefficient (Wildman–Crippen LogP) is -0.195. The number of aliphatic hydroxyl groups is 1. The largest absolute Gasteiger partial charge is 0.395 e. The van der Waals surface area contributed by atoms with Crippen LogP contribution in [0.15, 0.2) is 0 Å². The summed E-state index contributed by atoms with van der Waals surface area (Å²) in [7, 11) is 0. The van der Waals surface area contributed by atoms with Gasteiger partial charge in [0.15, 0.2) is 0 Å². The van der Waals surface area contributed by atoms with Crippen molar-refractivity contribution in [1.82, 2.24) is 10.2 Å². The Balaban J connectivity index is 1.82. The zero-order valence-corrected chi connectivity index (χ0v) is 7.50. The van der Waals surface area contributed by atoms with E-state index in [9.17, 15) is 0 Å². The van der Waals surface area contributed by atoms with Gasteiger partial charge in [0.25, 0.3) is 0 Å². The standard InChI is InChI=1S/C9H18N2O/c12-5-4-11(8-2-1-3-8)9-6-10-7-9/h8-10,12H,1-7H2. The number of hydrogen-bond donors (Lipinski definition) is 2. The van der Waals surface area contributed by atoms with E-state index in [-0.39, 0.29) is 0 Å². The fraction of sp³-hybridized carbons (Fsp3) is 1.00. The number of aliphatic hydroxyl groups excluding tert-OH is 1. The van der Waals surface area contributed by atoms with E-state index in [1.807, 2.05) is 0 Å². The van der Waals surface area contributed by atoms with Crippen molar-refractivity contribution < 1.29 is 5.11 Å². The van der Waals surface area contributed by atoms with Crippen molar-refractivity contribution in [2.75, 3.05) is 26.2 Å². The van der Waals surface area contributed by atoms with Gasteiger partial charge in [-0.3, -0.25) is 4.90 Å². The van der Waals surface area contributed by atoms with E-state index in [0.717, 1.165) is 25.7 Å². The zero-order chi connectivity index (χ0) is 8.39. The molecular weight excluding hydrogens is 152 g/mol. The number of nitrogens with one attached hydrogen (secondary N) is 1. The summed E-state index contributed by atoms with van der Waals surface area (Å²) < 4.78 is 0. The van der Waals surface area contributed by atoms with Gasteiger partial charge in [-0.2, -0.15) is 0 Å². The van der Waals surface area contributed by atoms with Crippen molar-refractivity contribution in [2.45, 2.75) is 31.3 Å². The quantitative estimate of drug-likeness (QED) is 0.613. The lowest BCUT2D eigenvalue weighted by Gasteiger charge is -2.46. The molecule has 3 heteroatoms. The molecule has 0 aromatic carbocycles. The first kappa shape index (κ1) is 8.48. The third-order valence-electron chi connectivity index (χ3n) is 3.13. The van der Waals surface area contributed by atoms with Crippen molar-refractivity contribution in [3.63, 3.8) is 0 Å². The smallest absolute Gasteiger partial charge is 0.0558 e.